The van der Waals surface area contributed by atoms with E-state index in [0.29, 0.717) is 22.9 Å². The Morgan fingerprint density at radius 3 is 2.81 bits per heavy atom. The number of hydrogen-bond acceptors (Lipinski definition) is 3. The lowest BCUT2D eigenvalue weighted by atomic mass is 10.2. The Kier molecular flexibility index (Phi) is 5.20. The summed E-state index contributed by atoms with van der Waals surface area (Å²) in [4.78, 5) is 18.1. The maximum absolute atomic E-state index is 12.4. The molecule has 0 unspecified atom stereocenters. The molecular formula is C15H15BrClN3O. The van der Waals surface area contributed by atoms with E-state index in [1.54, 1.807) is 25.1 Å². The first-order valence-electron chi connectivity index (χ1n) is 6.34. The van der Waals surface area contributed by atoms with Gasteiger partial charge in [0.15, 0.2) is 0 Å². The summed E-state index contributed by atoms with van der Waals surface area (Å²) in [5, 5.41) is 3.29. The molecule has 4 nitrogen and oxygen atoms in total. The Bertz CT molecular complexity index is 663. The third-order valence-electron chi connectivity index (χ3n) is 2.98. The van der Waals surface area contributed by atoms with Gasteiger partial charge in [0.25, 0.3) is 5.91 Å². The molecule has 0 saturated carbocycles. The number of aromatic nitrogens is 1. The summed E-state index contributed by atoms with van der Waals surface area (Å²) >= 11 is 9.48. The van der Waals surface area contributed by atoms with E-state index in [0.717, 1.165) is 10.0 Å². The normalized spacial score (nSPS) is 10.3. The number of carbonyl (C=O) groups excluding carboxylic acids is 1. The van der Waals surface area contributed by atoms with E-state index in [1.807, 2.05) is 24.3 Å². The average Bonchev–Trinajstić information content (AvgIpc) is 2.46. The number of rotatable bonds is 4. The number of anilines is 1. The molecule has 0 atom stereocenters. The van der Waals surface area contributed by atoms with Gasteiger partial charge in [-0.1, -0.05) is 39.7 Å². The second-order valence-electron chi connectivity index (χ2n) is 4.60. The fraction of sp³-hybridized carbons (Fsp3) is 0.200. The van der Waals surface area contributed by atoms with Gasteiger partial charge in [0.05, 0.1) is 10.6 Å². The molecule has 1 aromatic heterocycles. The Labute approximate surface area is 137 Å². The second kappa shape index (κ2) is 6.91. The maximum atomic E-state index is 12.4. The van der Waals surface area contributed by atoms with Crippen molar-refractivity contribution in [2.45, 2.75) is 6.54 Å². The molecule has 1 aromatic carbocycles. The van der Waals surface area contributed by atoms with Gasteiger partial charge >= 0.3 is 0 Å². The number of pyridine rings is 1. The SMILES string of the molecule is CNc1ncc(C(=O)N(C)Cc2cccc(Br)c2)cc1Cl. The van der Waals surface area contributed by atoms with Gasteiger partial charge in [0, 0.05) is 31.3 Å². The molecule has 0 aliphatic carbocycles. The summed E-state index contributed by atoms with van der Waals surface area (Å²) < 4.78 is 0.990. The lowest BCUT2D eigenvalue weighted by molar-refractivity contribution is 0.0784. The molecule has 0 saturated heterocycles. The van der Waals surface area contributed by atoms with E-state index < -0.39 is 0 Å². The molecular weight excluding hydrogens is 354 g/mol. The molecule has 1 N–H and O–H groups in total. The van der Waals surface area contributed by atoms with E-state index in [2.05, 4.69) is 26.2 Å². The van der Waals surface area contributed by atoms with Crippen LogP contribution >= 0.6 is 27.5 Å². The second-order valence-corrected chi connectivity index (χ2v) is 5.92. The molecule has 2 aromatic rings. The van der Waals surface area contributed by atoms with Gasteiger partial charge < -0.3 is 10.2 Å². The molecule has 110 valence electrons. The first-order chi connectivity index (χ1) is 10.0. The van der Waals surface area contributed by atoms with Crippen LogP contribution in [-0.4, -0.2) is 29.9 Å². The molecule has 0 fully saturated rings. The molecule has 0 spiro atoms. The van der Waals surface area contributed by atoms with Crippen molar-refractivity contribution in [2.75, 3.05) is 19.4 Å². The highest BCUT2D eigenvalue weighted by atomic mass is 79.9. The van der Waals surface area contributed by atoms with Crippen LogP contribution in [-0.2, 0) is 6.54 Å². The smallest absolute Gasteiger partial charge is 0.255 e. The van der Waals surface area contributed by atoms with Gasteiger partial charge in [0.2, 0.25) is 0 Å². The van der Waals surface area contributed by atoms with Gasteiger partial charge in [-0.3, -0.25) is 4.79 Å². The van der Waals surface area contributed by atoms with Crippen molar-refractivity contribution in [1.29, 1.82) is 0 Å². The van der Waals surface area contributed by atoms with Gasteiger partial charge in [-0.05, 0) is 23.8 Å². The Morgan fingerprint density at radius 2 is 2.19 bits per heavy atom. The standard InChI is InChI=1S/C15H15BrClN3O/c1-18-14-13(17)7-11(8-19-14)15(21)20(2)9-10-4-3-5-12(16)6-10/h3-8H,9H2,1-2H3,(H,18,19). The van der Waals surface area contributed by atoms with Crippen LogP contribution < -0.4 is 5.32 Å². The third kappa shape index (κ3) is 3.95. The van der Waals surface area contributed by atoms with E-state index in [9.17, 15) is 4.79 Å². The van der Waals surface area contributed by atoms with Crippen molar-refractivity contribution >= 4 is 39.3 Å². The van der Waals surface area contributed by atoms with E-state index in [-0.39, 0.29) is 5.91 Å². The highest BCUT2D eigenvalue weighted by Gasteiger charge is 2.14. The zero-order chi connectivity index (χ0) is 15.4. The molecule has 1 amide bonds. The molecule has 0 bridgehead atoms. The van der Waals surface area contributed by atoms with E-state index in [4.69, 9.17) is 11.6 Å². The minimum atomic E-state index is -0.118. The van der Waals surface area contributed by atoms with E-state index in [1.165, 1.54) is 6.20 Å². The molecule has 2 rings (SSSR count). The number of benzene rings is 1. The van der Waals surface area contributed by atoms with Crippen molar-refractivity contribution in [2.24, 2.45) is 0 Å². The van der Waals surface area contributed by atoms with Crippen molar-refractivity contribution in [3.05, 3.63) is 57.2 Å². The van der Waals surface area contributed by atoms with Gasteiger partial charge in [-0.2, -0.15) is 0 Å². The minimum absolute atomic E-state index is 0.118. The minimum Gasteiger partial charge on any atom is -0.372 e. The van der Waals surface area contributed by atoms with Crippen molar-refractivity contribution < 1.29 is 4.79 Å². The monoisotopic (exact) mass is 367 g/mol. The van der Waals surface area contributed by atoms with Crippen LogP contribution in [0.25, 0.3) is 0 Å². The zero-order valence-corrected chi connectivity index (χ0v) is 14.1. The highest BCUT2D eigenvalue weighted by molar-refractivity contribution is 9.10. The molecule has 0 radical (unpaired) electrons. The van der Waals surface area contributed by atoms with Gasteiger partial charge in [0.1, 0.15) is 5.82 Å². The van der Waals surface area contributed by atoms with Gasteiger partial charge in [-0.25, -0.2) is 4.98 Å². The van der Waals surface area contributed by atoms with Crippen LogP contribution in [0.5, 0.6) is 0 Å². The summed E-state index contributed by atoms with van der Waals surface area (Å²) in [6.07, 6.45) is 1.53. The van der Waals surface area contributed by atoms with E-state index >= 15 is 0 Å². The summed E-state index contributed by atoms with van der Waals surface area (Å²) in [5.41, 5.74) is 1.52. The van der Waals surface area contributed by atoms with Crippen LogP contribution in [0.15, 0.2) is 41.0 Å². The van der Waals surface area contributed by atoms with Crippen molar-refractivity contribution in [3.8, 4) is 0 Å². The zero-order valence-electron chi connectivity index (χ0n) is 11.7. The molecule has 0 aliphatic heterocycles. The Morgan fingerprint density at radius 1 is 1.43 bits per heavy atom. The molecule has 1 heterocycles. The Hall–Kier alpha value is -1.59. The number of hydrogen-bond donors (Lipinski definition) is 1. The summed E-state index contributed by atoms with van der Waals surface area (Å²) in [6, 6.07) is 9.48. The summed E-state index contributed by atoms with van der Waals surface area (Å²) in [6.45, 7) is 0.518. The largest absolute Gasteiger partial charge is 0.372 e. The van der Waals surface area contributed by atoms with Crippen LogP contribution in [0, 0.1) is 0 Å². The van der Waals surface area contributed by atoms with Crippen LogP contribution in [0.1, 0.15) is 15.9 Å². The van der Waals surface area contributed by atoms with Crippen molar-refractivity contribution in [3.63, 3.8) is 0 Å². The number of amides is 1. The summed E-state index contributed by atoms with van der Waals surface area (Å²) in [5.74, 6) is 0.440. The first kappa shape index (κ1) is 15.8. The number of carbonyl (C=O) groups is 1. The number of nitrogens with one attached hydrogen (secondary N) is 1. The van der Waals surface area contributed by atoms with Gasteiger partial charge in [-0.15, -0.1) is 0 Å². The predicted molar refractivity (Wildman–Crippen MR) is 88.7 cm³/mol. The fourth-order valence-corrected chi connectivity index (χ4v) is 2.65. The fourth-order valence-electron chi connectivity index (χ4n) is 1.94. The average molecular weight is 369 g/mol. The van der Waals surface area contributed by atoms with Crippen molar-refractivity contribution in [1.82, 2.24) is 9.88 Å². The van der Waals surface area contributed by atoms with Crippen LogP contribution in [0.3, 0.4) is 0 Å². The third-order valence-corrected chi connectivity index (χ3v) is 3.76. The molecule has 0 aliphatic rings. The van der Waals surface area contributed by atoms with Crippen LogP contribution in [0.2, 0.25) is 5.02 Å². The predicted octanol–water partition coefficient (Wildman–Crippen LogP) is 3.81. The lowest BCUT2D eigenvalue weighted by Gasteiger charge is -2.17. The quantitative estimate of drug-likeness (QED) is 0.892. The Balaban J connectivity index is 2.14. The number of halogens is 2. The highest BCUT2D eigenvalue weighted by Crippen LogP contribution is 2.20. The summed E-state index contributed by atoms with van der Waals surface area (Å²) in [7, 11) is 3.48. The first-order valence-corrected chi connectivity index (χ1v) is 7.51. The lowest BCUT2D eigenvalue weighted by Crippen LogP contribution is -2.26. The molecule has 6 heteroatoms. The topological polar surface area (TPSA) is 45.2 Å². The van der Waals surface area contributed by atoms with Crippen LogP contribution in [0.4, 0.5) is 5.82 Å². The maximum Gasteiger partial charge on any atom is 0.255 e. The number of nitrogens with zero attached hydrogens (tertiary/aromatic N) is 2. The molecule has 21 heavy (non-hydrogen) atoms.